The minimum atomic E-state index is -1.35. The average molecular weight is 655 g/mol. The maximum Gasteiger partial charge on any atom is 0.331 e. The number of rotatable bonds is 11. The molecule has 0 bridgehead atoms. The second-order valence-electron chi connectivity index (χ2n) is 16.5. The number of hydrogen-bond acceptors (Lipinski definition) is 7. The molecule has 1 aromatic carbocycles. The van der Waals surface area contributed by atoms with Crippen molar-refractivity contribution in [3.05, 3.63) is 45.1 Å². The summed E-state index contributed by atoms with van der Waals surface area (Å²) in [5, 5.41) is 11.4. The molecule has 0 unspecified atom stereocenters. The van der Waals surface area contributed by atoms with Gasteiger partial charge in [0.15, 0.2) is 0 Å². The predicted molar refractivity (Wildman–Crippen MR) is 189 cm³/mol. The van der Waals surface area contributed by atoms with Gasteiger partial charge in [-0.3, -0.25) is 9.59 Å². The molecule has 0 amide bonds. The SMILES string of the molecule is CCCCCCCN(Cc1ccc(CC(C)(C)C)s1)C(=Nc1cc(C(C)(C)C)c(O)c(C(C)(C)C)c1)C1C(=O)OC(C)(C)OC1=O. The van der Waals surface area contributed by atoms with Gasteiger partial charge >= 0.3 is 11.9 Å². The maximum atomic E-state index is 13.6. The number of carbonyl (C=O) groups is 2. The fourth-order valence-corrected chi connectivity index (χ4v) is 7.04. The van der Waals surface area contributed by atoms with Crippen molar-refractivity contribution in [2.75, 3.05) is 6.54 Å². The number of aromatic hydroxyl groups is 1. The van der Waals surface area contributed by atoms with E-state index in [0.29, 0.717) is 24.6 Å². The lowest BCUT2D eigenvalue weighted by atomic mass is 9.79. The second kappa shape index (κ2) is 14.5. The Balaban J connectivity index is 2.22. The Morgan fingerprint density at radius 1 is 0.870 bits per heavy atom. The van der Waals surface area contributed by atoms with Crippen molar-refractivity contribution in [3.63, 3.8) is 0 Å². The van der Waals surface area contributed by atoms with Crippen LogP contribution in [0.25, 0.3) is 0 Å². The highest BCUT2D eigenvalue weighted by Gasteiger charge is 2.47. The fraction of sp³-hybridized carbons (Fsp3) is 0.658. The third kappa shape index (κ3) is 10.3. The van der Waals surface area contributed by atoms with E-state index in [1.54, 1.807) is 25.2 Å². The van der Waals surface area contributed by atoms with Crippen LogP contribution in [-0.2, 0) is 42.9 Å². The zero-order chi connectivity index (χ0) is 34.7. The number of cyclic esters (lactones) is 2. The highest BCUT2D eigenvalue weighted by atomic mass is 32.1. The van der Waals surface area contributed by atoms with E-state index in [1.165, 1.54) is 4.88 Å². The number of benzene rings is 1. The molecule has 0 atom stereocenters. The molecule has 3 rings (SSSR count). The van der Waals surface area contributed by atoms with Crippen LogP contribution in [0.3, 0.4) is 0 Å². The van der Waals surface area contributed by atoms with Crippen molar-refractivity contribution in [1.29, 1.82) is 0 Å². The minimum absolute atomic E-state index is 0.157. The lowest BCUT2D eigenvalue weighted by Gasteiger charge is -2.36. The number of phenols is 1. The molecule has 7 nitrogen and oxygen atoms in total. The van der Waals surface area contributed by atoms with E-state index in [-0.39, 0.29) is 22.0 Å². The molecule has 2 aromatic rings. The van der Waals surface area contributed by atoms with Crippen molar-refractivity contribution >= 4 is 34.8 Å². The van der Waals surface area contributed by atoms with E-state index in [4.69, 9.17) is 14.5 Å². The number of thiophene rings is 1. The van der Waals surface area contributed by atoms with Crippen LogP contribution in [0, 0.1) is 11.3 Å². The van der Waals surface area contributed by atoms with Gasteiger partial charge in [0.2, 0.25) is 5.92 Å². The van der Waals surface area contributed by atoms with Crippen LogP contribution in [0.1, 0.15) is 136 Å². The molecule has 1 N–H and O–H groups in total. The summed E-state index contributed by atoms with van der Waals surface area (Å²) in [6.07, 6.45) is 6.31. The van der Waals surface area contributed by atoms with Gasteiger partial charge in [0.05, 0.1) is 12.2 Å². The van der Waals surface area contributed by atoms with Gasteiger partial charge in [0.1, 0.15) is 11.6 Å². The third-order valence-corrected chi connectivity index (χ3v) is 9.07. The van der Waals surface area contributed by atoms with Gasteiger partial charge < -0.3 is 19.5 Å². The van der Waals surface area contributed by atoms with Crippen molar-refractivity contribution in [1.82, 2.24) is 4.90 Å². The molecule has 1 aliphatic heterocycles. The Morgan fingerprint density at radius 3 is 1.89 bits per heavy atom. The lowest BCUT2D eigenvalue weighted by Crippen LogP contribution is -2.52. The number of amidine groups is 1. The second-order valence-corrected chi connectivity index (χ2v) is 17.7. The number of hydrogen-bond donors (Lipinski definition) is 1. The summed E-state index contributed by atoms with van der Waals surface area (Å²) in [6, 6.07) is 8.07. The standard InChI is InChI=1S/C38H58N2O5S/c1-13-14-15-16-17-20-40(24-27-19-18-26(46-27)23-35(2,3)4)32(30-33(42)44-38(11,12)45-34(30)43)39-25-21-28(36(5,6)7)31(41)29(22-25)37(8,9)10/h18-19,21-22,30,41H,13-17,20,23-24H2,1-12H3. The van der Waals surface area contributed by atoms with E-state index >= 15 is 0 Å². The van der Waals surface area contributed by atoms with Crippen molar-refractivity contribution in [2.45, 2.75) is 145 Å². The number of carbonyl (C=O) groups excluding carboxylic acids is 2. The maximum absolute atomic E-state index is 13.6. The first-order chi connectivity index (χ1) is 21.1. The van der Waals surface area contributed by atoms with Gasteiger partial charge in [0.25, 0.3) is 5.79 Å². The molecule has 1 fully saturated rings. The number of nitrogens with zero attached hydrogens (tertiary/aromatic N) is 2. The molecule has 8 heteroatoms. The average Bonchev–Trinajstić information content (AvgIpc) is 3.30. The first-order valence-electron chi connectivity index (χ1n) is 16.9. The van der Waals surface area contributed by atoms with Gasteiger partial charge in [-0.05, 0) is 53.4 Å². The Bertz CT molecular complexity index is 1350. The number of aliphatic imine (C=N–C) groups is 1. The highest BCUT2D eigenvalue weighted by molar-refractivity contribution is 7.12. The molecule has 1 aliphatic rings. The predicted octanol–water partition coefficient (Wildman–Crippen LogP) is 9.59. The monoisotopic (exact) mass is 654 g/mol. The Morgan fingerprint density at radius 2 is 1.39 bits per heavy atom. The summed E-state index contributed by atoms with van der Waals surface area (Å²) in [5.74, 6) is -3.45. The molecule has 0 aliphatic carbocycles. The highest BCUT2D eigenvalue weighted by Crippen LogP contribution is 2.42. The smallest absolute Gasteiger partial charge is 0.331 e. The summed E-state index contributed by atoms with van der Waals surface area (Å²) >= 11 is 1.76. The fourth-order valence-electron chi connectivity index (χ4n) is 5.70. The van der Waals surface area contributed by atoms with Gasteiger partial charge in [-0.1, -0.05) is 94.9 Å². The van der Waals surface area contributed by atoms with Crippen LogP contribution >= 0.6 is 11.3 Å². The first-order valence-corrected chi connectivity index (χ1v) is 17.7. The molecule has 0 spiro atoms. The number of unbranched alkanes of at least 4 members (excludes halogenated alkanes) is 4. The van der Waals surface area contributed by atoms with Gasteiger partial charge in [-0.15, -0.1) is 11.3 Å². The van der Waals surface area contributed by atoms with E-state index in [2.05, 4.69) is 86.3 Å². The van der Waals surface area contributed by atoms with Gasteiger partial charge in [-0.2, -0.15) is 0 Å². The van der Waals surface area contributed by atoms with Crippen LogP contribution in [0.5, 0.6) is 5.75 Å². The molecular formula is C38H58N2O5S. The van der Waals surface area contributed by atoms with Crippen molar-refractivity contribution < 1.29 is 24.2 Å². The van der Waals surface area contributed by atoms with Crippen LogP contribution in [0.4, 0.5) is 5.69 Å². The van der Waals surface area contributed by atoms with E-state index in [1.807, 2.05) is 12.1 Å². The van der Waals surface area contributed by atoms with Crippen molar-refractivity contribution in [3.8, 4) is 5.75 Å². The summed E-state index contributed by atoms with van der Waals surface area (Å²) in [7, 11) is 0. The largest absolute Gasteiger partial charge is 0.507 e. The van der Waals surface area contributed by atoms with E-state index in [9.17, 15) is 14.7 Å². The zero-order valence-corrected chi connectivity index (χ0v) is 31.2. The molecule has 1 aromatic heterocycles. The molecule has 0 radical (unpaired) electrons. The molecule has 256 valence electrons. The summed E-state index contributed by atoms with van der Waals surface area (Å²) < 4.78 is 11.3. The molecule has 46 heavy (non-hydrogen) atoms. The Kier molecular flexibility index (Phi) is 11.8. The Hall–Kier alpha value is -2.87. The number of esters is 2. The Labute approximate surface area is 281 Å². The van der Waals surface area contributed by atoms with Crippen LogP contribution in [0.2, 0.25) is 0 Å². The quantitative estimate of drug-likeness (QED) is 0.0854. The zero-order valence-electron chi connectivity index (χ0n) is 30.4. The minimum Gasteiger partial charge on any atom is -0.507 e. The number of phenolic OH excluding ortho intramolecular Hbond substituents is 1. The number of ether oxygens (including phenoxy) is 2. The first kappa shape index (κ1) is 37.6. The van der Waals surface area contributed by atoms with Crippen LogP contribution in [-0.4, -0.2) is 40.1 Å². The van der Waals surface area contributed by atoms with Crippen molar-refractivity contribution in [2.24, 2.45) is 16.3 Å². The van der Waals surface area contributed by atoms with Gasteiger partial charge in [0, 0.05) is 41.3 Å². The van der Waals surface area contributed by atoms with Crippen LogP contribution < -0.4 is 0 Å². The summed E-state index contributed by atoms with van der Waals surface area (Å²) in [6.45, 7) is 25.4. The van der Waals surface area contributed by atoms with Gasteiger partial charge in [-0.25, -0.2) is 4.99 Å². The molecular weight excluding hydrogens is 596 g/mol. The lowest BCUT2D eigenvalue weighted by molar-refractivity contribution is -0.236. The summed E-state index contributed by atoms with van der Waals surface area (Å²) in [5.41, 5.74) is 1.49. The molecule has 1 saturated heterocycles. The van der Waals surface area contributed by atoms with E-state index in [0.717, 1.165) is 54.5 Å². The normalized spacial score (nSPS) is 16.4. The van der Waals surface area contributed by atoms with E-state index < -0.39 is 23.6 Å². The van der Waals surface area contributed by atoms with Crippen LogP contribution in [0.15, 0.2) is 29.3 Å². The molecule has 2 heterocycles. The third-order valence-electron chi connectivity index (χ3n) is 8.00. The molecule has 0 saturated carbocycles. The summed E-state index contributed by atoms with van der Waals surface area (Å²) in [4.78, 5) is 36.9. The topological polar surface area (TPSA) is 88.4 Å².